The Hall–Kier alpha value is -2.00. The first-order valence-corrected chi connectivity index (χ1v) is 6.64. The van der Waals surface area contributed by atoms with Crippen LogP contribution in [0.5, 0.6) is 0 Å². The van der Waals surface area contributed by atoms with Gasteiger partial charge >= 0.3 is 18.4 Å². The molecule has 3 nitrogen and oxygen atoms in total. The number of ether oxygens (including phenoxy) is 1. The van der Waals surface area contributed by atoms with Crippen LogP contribution in [0.2, 0.25) is 0 Å². The zero-order valence-corrected chi connectivity index (χ0v) is 12.4. The SMILES string of the molecule is CC1(C)COC(=O)N[C@@H]1c1c(F)cc(C(F)(F)F)cc1C(F)(F)F. The molecule has 0 aliphatic carbocycles. The number of rotatable bonds is 1. The van der Waals surface area contributed by atoms with Crippen LogP contribution in [0.15, 0.2) is 12.1 Å². The number of carbonyl (C=O) groups is 1. The maximum atomic E-state index is 14.2. The zero-order valence-electron chi connectivity index (χ0n) is 12.4. The molecule has 1 atom stereocenters. The van der Waals surface area contributed by atoms with Crippen molar-refractivity contribution in [2.75, 3.05) is 6.61 Å². The number of halogens is 7. The Morgan fingerprint density at radius 3 is 2.21 bits per heavy atom. The highest BCUT2D eigenvalue weighted by Gasteiger charge is 2.46. The third-order valence-electron chi connectivity index (χ3n) is 3.67. The number of amides is 1. The monoisotopic (exact) mass is 359 g/mol. The van der Waals surface area contributed by atoms with Crippen molar-refractivity contribution in [3.63, 3.8) is 0 Å². The van der Waals surface area contributed by atoms with E-state index in [1.54, 1.807) is 0 Å². The number of hydrogen-bond donors (Lipinski definition) is 1. The molecule has 1 N–H and O–H groups in total. The average Bonchev–Trinajstić information content (AvgIpc) is 2.39. The minimum Gasteiger partial charge on any atom is -0.449 e. The van der Waals surface area contributed by atoms with Crippen LogP contribution in [-0.4, -0.2) is 12.7 Å². The Morgan fingerprint density at radius 2 is 1.71 bits per heavy atom. The van der Waals surface area contributed by atoms with Crippen LogP contribution in [-0.2, 0) is 17.1 Å². The Balaban J connectivity index is 2.71. The maximum absolute atomic E-state index is 14.2. The van der Waals surface area contributed by atoms with E-state index in [9.17, 15) is 35.5 Å². The highest BCUT2D eigenvalue weighted by molar-refractivity contribution is 5.69. The minimum atomic E-state index is -5.24. The molecule has 0 unspecified atom stereocenters. The van der Waals surface area contributed by atoms with Crippen LogP contribution in [0, 0.1) is 11.2 Å². The molecule has 0 saturated carbocycles. The molecular weight excluding hydrogens is 347 g/mol. The summed E-state index contributed by atoms with van der Waals surface area (Å²) >= 11 is 0. The van der Waals surface area contributed by atoms with Crippen molar-refractivity contribution < 1.29 is 40.3 Å². The highest BCUT2D eigenvalue weighted by atomic mass is 19.4. The Labute approximate surface area is 131 Å². The van der Waals surface area contributed by atoms with E-state index in [2.05, 4.69) is 10.1 Å². The summed E-state index contributed by atoms with van der Waals surface area (Å²) in [7, 11) is 0. The lowest BCUT2D eigenvalue weighted by atomic mass is 9.78. The van der Waals surface area contributed by atoms with E-state index in [-0.39, 0.29) is 18.7 Å². The van der Waals surface area contributed by atoms with Gasteiger partial charge in [-0.3, -0.25) is 0 Å². The fraction of sp³-hybridized carbons (Fsp3) is 0.500. The standard InChI is InChI=1S/C14H12F7NO2/c1-12(2)5-24-11(23)22-10(12)9-7(14(19,20)21)3-6(4-8(9)15)13(16,17)18/h3-4,10H,5H2,1-2H3,(H,22,23)/t10-/m1/s1. The smallest absolute Gasteiger partial charge is 0.416 e. The van der Waals surface area contributed by atoms with E-state index < -0.39 is 52.4 Å². The van der Waals surface area contributed by atoms with Gasteiger partial charge in [0.1, 0.15) is 12.4 Å². The predicted molar refractivity (Wildman–Crippen MR) is 67.4 cm³/mol. The second kappa shape index (κ2) is 5.52. The van der Waals surface area contributed by atoms with Crippen LogP contribution >= 0.6 is 0 Å². The van der Waals surface area contributed by atoms with Gasteiger partial charge in [-0.1, -0.05) is 13.8 Å². The second-order valence-electron chi connectivity index (χ2n) is 6.06. The Morgan fingerprint density at radius 1 is 1.12 bits per heavy atom. The fourth-order valence-corrected chi connectivity index (χ4v) is 2.46. The normalized spacial score (nSPS) is 21.2. The molecule has 1 aromatic carbocycles. The van der Waals surface area contributed by atoms with Crippen molar-refractivity contribution in [1.29, 1.82) is 0 Å². The van der Waals surface area contributed by atoms with Gasteiger partial charge < -0.3 is 10.1 Å². The largest absolute Gasteiger partial charge is 0.449 e. The van der Waals surface area contributed by atoms with E-state index in [1.807, 2.05) is 0 Å². The van der Waals surface area contributed by atoms with Crippen molar-refractivity contribution in [1.82, 2.24) is 5.32 Å². The molecule has 2 rings (SSSR count). The van der Waals surface area contributed by atoms with E-state index in [0.717, 1.165) is 0 Å². The molecule has 1 heterocycles. The molecule has 0 spiro atoms. The van der Waals surface area contributed by atoms with Crippen LogP contribution < -0.4 is 5.32 Å². The summed E-state index contributed by atoms with van der Waals surface area (Å²) in [4.78, 5) is 11.3. The molecule has 1 aromatic rings. The second-order valence-corrected chi connectivity index (χ2v) is 6.06. The van der Waals surface area contributed by atoms with Crippen molar-refractivity contribution in [3.8, 4) is 0 Å². The zero-order chi connectivity index (χ0) is 18.5. The van der Waals surface area contributed by atoms with Crippen LogP contribution in [0.4, 0.5) is 35.5 Å². The number of cyclic esters (lactones) is 1. The quantitative estimate of drug-likeness (QED) is 0.740. The van der Waals surface area contributed by atoms with E-state index in [1.165, 1.54) is 13.8 Å². The first kappa shape index (κ1) is 18.3. The summed E-state index contributed by atoms with van der Waals surface area (Å²) in [6, 6.07) is -1.67. The lowest BCUT2D eigenvalue weighted by Crippen LogP contribution is -2.48. The van der Waals surface area contributed by atoms with Gasteiger partial charge in [-0.25, -0.2) is 9.18 Å². The summed E-state index contributed by atoms with van der Waals surface area (Å²) in [5, 5.41) is 2.05. The van der Waals surface area contributed by atoms with E-state index >= 15 is 0 Å². The molecule has 24 heavy (non-hydrogen) atoms. The first-order valence-electron chi connectivity index (χ1n) is 6.64. The van der Waals surface area contributed by atoms with Crippen molar-refractivity contribution in [2.45, 2.75) is 32.2 Å². The molecule has 1 aliphatic rings. The molecule has 134 valence electrons. The highest BCUT2D eigenvalue weighted by Crippen LogP contribution is 2.45. The number of benzene rings is 1. The van der Waals surface area contributed by atoms with Crippen LogP contribution in [0.3, 0.4) is 0 Å². The summed E-state index contributed by atoms with van der Waals surface area (Å²) in [6.45, 7) is 2.48. The van der Waals surface area contributed by atoms with Crippen molar-refractivity contribution in [3.05, 3.63) is 34.6 Å². The van der Waals surface area contributed by atoms with Gasteiger partial charge in [0.05, 0.1) is 17.2 Å². The molecule has 1 fully saturated rings. The minimum absolute atomic E-state index is 0.0116. The van der Waals surface area contributed by atoms with Gasteiger partial charge in [0.25, 0.3) is 0 Å². The molecule has 1 saturated heterocycles. The number of hydrogen-bond acceptors (Lipinski definition) is 2. The third-order valence-corrected chi connectivity index (χ3v) is 3.67. The molecule has 0 radical (unpaired) electrons. The molecule has 1 aliphatic heterocycles. The summed E-state index contributed by atoms with van der Waals surface area (Å²) in [5.74, 6) is -1.70. The Bertz CT molecular complexity index is 664. The van der Waals surface area contributed by atoms with Crippen molar-refractivity contribution in [2.24, 2.45) is 5.41 Å². The fourth-order valence-electron chi connectivity index (χ4n) is 2.46. The van der Waals surface area contributed by atoms with Gasteiger partial charge in [0.15, 0.2) is 0 Å². The number of nitrogens with one attached hydrogen (secondary N) is 1. The molecule has 0 aromatic heterocycles. The number of carbonyl (C=O) groups excluding carboxylic acids is 1. The number of alkyl halides is 6. The molecule has 0 bridgehead atoms. The van der Waals surface area contributed by atoms with E-state index in [4.69, 9.17) is 0 Å². The summed E-state index contributed by atoms with van der Waals surface area (Å²) in [6.07, 6.45) is -11.5. The predicted octanol–water partition coefficient (Wildman–Crippen LogP) is 4.67. The molecule has 1 amide bonds. The molecular formula is C14H12F7NO2. The molecule has 10 heteroatoms. The van der Waals surface area contributed by atoms with Crippen LogP contribution in [0.1, 0.15) is 36.6 Å². The Kier molecular flexibility index (Phi) is 4.22. The number of alkyl carbamates (subject to hydrolysis) is 1. The van der Waals surface area contributed by atoms with Gasteiger partial charge in [0.2, 0.25) is 0 Å². The third kappa shape index (κ3) is 3.41. The maximum Gasteiger partial charge on any atom is 0.416 e. The van der Waals surface area contributed by atoms with Gasteiger partial charge in [-0.05, 0) is 12.1 Å². The van der Waals surface area contributed by atoms with Gasteiger partial charge in [-0.2, -0.15) is 26.3 Å². The van der Waals surface area contributed by atoms with Crippen LogP contribution in [0.25, 0.3) is 0 Å². The first-order chi connectivity index (χ1) is 10.7. The lowest BCUT2D eigenvalue weighted by Gasteiger charge is -2.39. The van der Waals surface area contributed by atoms with E-state index in [0.29, 0.717) is 0 Å². The van der Waals surface area contributed by atoms with Crippen molar-refractivity contribution >= 4 is 6.09 Å². The lowest BCUT2D eigenvalue weighted by molar-refractivity contribution is -0.144. The van der Waals surface area contributed by atoms with Gasteiger partial charge in [0, 0.05) is 11.0 Å². The average molecular weight is 359 g/mol. The topological polar surface area (TPSA) is 38.3 Å². The summed E-state index contributed by atoms with van der Waals surface area (Å²) < 4.78 is 96.7. The van der Waals surface area contributed by atoms with Gasteiger partial charge in [-0.15, -0.1) is 0 Å². The summed E-state index contributed by atoms with van der Waals surface area (Å²) in [5.41, 5.74) is -5.76.